The van der Waals surface area contributed by atoms with Crippen molar-refractivity contribution in [3.63, 3.8) is 0 Å². The van der Waals surface area contributed by atoms with Gasteiger partial charge in [0.1, 0.15) is 0 Å². The third-order valence-corrected chi connectivity index (χ3v) is 32.7. The Kier molecular flexibility index (Phi) is 24.5. The predicted molar refractivity (Wildman–Crippen MR) is 448 cm³/mol. The van der Waals surface area contributed by atoms with Crippen molar-refractivity contribution in [1.82, 2.24) is 71.5 Å². The van der Waals surface area contributed by atoms with Gasteiger partial charge in [-0.1, -0.05) is 69.6 Å². The number of piperazine rings is 2. The largest absolute Gasteiger partial charge is 0.415 e. The van der Waals surface area contributed by atoms with E-state index in [1.807, 2.05) is 142 Å². The number of hydrogen-bond acceptors (Lipinski definition) is 14. The lowest BCUT2D eigenvalue weighted by Crippen LogP contribution is -2.53. The van der Waals surface area contributed by atoms with Crippen LogP contribution in [0.15, 0.2) is 135 Å². The SMILES string of the molecule is CC(=O)N1CCN(c2ncc(-c3ccc4c(=O)n(C)n(Cc5cn(CCO)cc5C)c4c3)cn2)C[C@H]1C.CC(=O)N1CCN(c2ncc(-c3ccc4c(=O)n(C)n(Cc5cn(CCO[Si](C)(C)C(C)(C)C)cc5C)c4c3)cn2)C[C@H]1C.Cc1cn(CCO[Si](C)(C)C(C)(C)C)cc1Cn1c2cc(Br)ccc2c(=O)n1C. The van der Waals surface area contributed by atoms with E-state index in [9.17, 15) is 29.1 Å². The molecule has 110 heavy (non-hydrogen) atoms. The van der Waals surface area contributed by atoms with Crippen LogP contribution in [-0.2, 0) is 78.9 Å². The van der Waals surface area contributed by atoms with Gasteiger partial charge in [0.2, 0.25) is 23.7 Å². The number of rotatable bonds is 20. The van der Waals surface area contributed by atoms with E-state index in [0.717, 1.165) is 79.5 Å². The highest BCUT2D eigenvalue weighted by Gasteiger charge is 2.38. The Morgan fingerprint density at radius 3 is 1.14 bits per heavy atom. The zero-order valence-corrected chi connectivity index (χ0v) is 71.6. The summed E-state index contributed by atoms with van der Waals surface area (Å²) in [6.07, 6.45) is 20.0. The monoisotopic (exact) mass is 1600 g/mol. The maximum atomic E-state index is 13.2. The van der Waals surface area contributed by atoms with Gasteiger partial charge in [0.05, 0.1) is 72.2 Å². The smallest absolute Gasteiger partial charge is 0.274 e. The number of anilines is 2. The van der Waals surface area contributed by atoms with Crippen molar-refractivity contribution in [2.24, 2.45) is 21.1 Å². The lowest BCUT2D eigenvalue weighted by Gasteiger charge is -2.39. The number of nitrogens with zero attached hydrogens (tertiary/aromatic N) is 17. The summed E-state index contributed by atoms with van der Waals surface area (Å²) in [5.74, 6) is 1.51. The molecule has 28 heteroatoms. The lowest BCUT2D eigenvalue weighted by molar-refractivity contribution is -0.132. The van der Waals surface area contributed by atoms with Gasteiger partial charge in [-0.2, -0.15) is 0 Å². The van der Waals surface area contributed by atoms with Crippen LogP contribution in [0.5, 0.6) is 0 Å². The molecule has 2 amide bonds. The summed E-state index contributed by atoms with van der Waals surface area (Å²) in [6.45, 7) is 45.9. The second-order valence-corrected chi connectivity index (χ2v) is 43.4. The van der Waals surface area contributed by atoms with E-state index in [1.54, 1.807) is 34.9 Å². The molecule has 2 saturated heterocycles. The summed E-state index contributed by atoms with van der Waals surface area (Å²) in [4.78, 5) is 88.9. The predicted octanol–water partition coefficient (Wildman–Crippen LogP) is 12.3. The minimum atomic E-state index is -1.80. The Hall–Kier alpha value is -9.20. The number of aliphatic hydroxyl groups excluding tert-OH is 1. The highest BCUT2D eigenvalue weighted by atomic mass is 79.9. The minimum absolute atomic E-state index is 0.0168. The molecule has 25 nitrogen and oxygen atoms in total. The summed E-state index contributed by atoms with van der Waals surface area (Å²) < 4.78 is 31.2. The molecule has 0 radical (unpaired) electrons. The van der Waals surface area contributed by atoms with Crippen LogP contribution < -0.4 is 26.5 Å². The summed E-state index contributed by atoms with van der Waals surface area (Å²) in [5.41, 5.74) is 13.3. The first kappa shape index (κ1) is 81.8. The number of hydrogen-bond donors (Lipinski definition) is 1. The molecular formula is C82H112BrN17O8Si2. The third kappa shape index (κ3) is 17.7. The van der Waals surface area contributed by atoms with Gasteiger partial charge in [0, 0.05) is 184 Å². The summed E-state index contributed by atoms with van der Waals surface area (Å²) in [6, 6.07) is 17.8. The number of aliphatic hydroxyl groups is 1. The molecule has 10 heterocycles. The number of carbonyl (C=O) groups is 2. The quantitative estimate of drug-likeness (QED) is 0.0699. The van der Waals surface area contributed by atoms with Gasteiger partial charge >= 0.3 is 0 Å². The summed E-state index contributed by atoms with van der Waals surface area (Å²) in [7, 11) is 1.92. The van der Waals surface area contributed by atoms with Crippen molar-refractivity contribution in [2.75, 3.05) is 68.9 Å². The highest BCUT2D eigenvalue weighted by Crippen LogP contribution is 2.38. The standard InChI is InChI=1S/C33H47N7O3Si.C27H33N7O3.C22H32BrN3O2Si/c1-23-19-37(14-15-43-44(8,9)33(4,5)6)21-28(23)22-40-30-16-26(10-11-29(30)31(42)36(40)7)27-17-34-32(35-18-27)38-12-13-39(25(3)41)24(2)20-38;1-18-14-31(9-10-35)16-23(18)17-34-25-11-21(5-6-24(25)26(37)30(34)4)22-12-28-27(29-13-22)32-7-8-33(20(3)36)19(2)15-32;1-16-13-25(10-11-28-29(6,7)22(2,3)4)14-17(16)15-26-20-12-18(23)8-9-19(20)21(27)24(26)5/h10-11,16-19,21,24H,12-15,20,22H2,1-9H3;5-6,11-14,16,19,35H,7-10,15,17H2,1-4H3;8-9,12-14H,10-11,15H2,1-7H3/t24-;19-;/m11./s1. The van der Waals surface area contributed by atoms with E-state index in [4.69, 9.17) is 8.85 Å². The summed E-state index contributed by atoms with van der Waals surface area (Å²) >= 11 is 3.52. The first-order chi connectivity index (χ1) is 51.8. The molecule has 588 valence electrons. The highest BCUT2D eigenvalue weighted by molar-refractivity contribution is 9.10. The zero-order valence-electron chi connectivity index (χ0n) is 68.0. The van der Waals surface area contributed by atoms with Crippen molar-refractivity contribution in [2.45, 2.75) is 178 Å². The topological polar surface area (TPSA) is 233 Å². The fourth-order valence-corrected chi connectivity index (χ4v) is 16.7. The van der Waals surface area contributed by atoms with Crippen LogP contribution in [0.1, 0.15) is 103 Å². The normalized spacial score (nSPS) is 15.3. The second-order valence-electron chi connectivity index (χ2n) is 32.9. The van der Waals surface area contributed by atoms with Crippen LogP contribution in [0.2, 0.25) is 36.3 Å². The maximum absolute atomic E-state index is 13.2. The average Bonchev–Trinajstić information content (AvgIpc) is 1.62. The van der Waals surface area contributed by atoms with E-state index in [0.29, 0.717) is 94.7 Å². The Labute approximate surface area is 655 Å². The number of carbonyl (C=O) groups excluding carboxylic acids is 2. The number of halogens is 1. The zero-order chi connectivity index (χ0) is 79.8. The Balaban J connectivity index is 0.000000167. The fourth-order valence-electron chi connectivity index (χ4n) is 14.2. The number of benzene rings is 3. The Morgan fingerprint density at radius 2 is 0.818 bits per heavy atom. The second kappa shape index (κ2) is 33.0. The minimum Gasteiger partial charge on any atom is -0.415 e. The molecule has 1 N–H and O–H groups in total. The van der Waals surface area contributed by atoms with Crippen LogP contribution in [0.4, 0.5) is 11.9 Å². The fraction of sp³-hybridized carbons (Fsp3) is 0.476. The van der Waals surface area contributed by atoms with E-state index in [2.05, 4.69) is 174 Å². The van der Waals surface area contributed by atoms with E-state index in [-0.39, 0.29) is 57.3 Å². The molecule has 0 bridgehead atoms. The molecule has 2 atom stereocenters. The van der Waals surface area contributed by atoms with Crippen LogP contribution in [-0.4, -0.2) is 176 Å². The molecule has 0 spiro atoms. The maximum Gasteiger partial charge on any atom is 0.274 e. The molecule has 0 saturated carbocycles. The molecular weight excluding hydrogens is 1490 g/mol. The van der Waals surface area contributed by atoms with Crippen molar-refractivity contribution in [3.05, 3.63) is 185 Å². The van der Waals surface area contributed by atoms with Crippen molar-refractivity contribution >= 4 is 89.0 Å². The molecule has 2 aliphatic heterocycles. The van der Waals surface area contributed by atoms with E-state index >= 15 is 0 Å². The number of aryl methyl sites for hydroxylation is 3. The molecule has 3 aromatic carbocycles. The van der Waals surface area contributed by atoms with E-state index < -0.39 is 16.6 Å². The molecule has 11 aromatic rings. The van der Waals surface area contributed by atoms with Crippen molar-refractivity contribution < 1.29 is 23.5 Å². The Bertz CT molecular complexity index is 5330. The summed E-state index contributed by atoms with van der Waals surface area (Å²) in [5, 5.41) is 11.8. The van der Waals surface area contributed by atoms with Gasteiger partial charge in [-0.3, -0.25) is 52.1 Å². The molecule has 2 fully saturated rings. The van der Waals surface area contributed by atoms with Crippen LogP contribution >= 0.6 is 15.9 Å². The molecule has 2 aliphatic rings. The van der Waals surface area contributed by atoms with Gasteiger partial charge in [0.15, 0.2) is 16.6 Å². The molecule has 0 unspecified atom stereocenters. The van der Waals surface area contributed by atoms with Gasteiger partial charge in [-0.05, 0) is 158 Å². The molecule has 13 rings (SSSR count). The van der Waals surface area contributed by atoms with Gasteiger partial charge in [-0.15, -0.1) is 0 Å². The van der Waals surface area contributed by atoms with Gasteiger partial charge in [-0.25, -0.2) is 19.9 Å². The van der Waals surface area contributed by atoms with Crippen LogP contribution in [0.25, 0.3) is 55.0 Å². The molecule has 8 aromatic heterocycles. The number of fused-ring (bicyclic) bond motifs is 3. The first-order valence-electron chi connectivity index (χ1n) is 38.1. The van der Waals surface area contributed by atoms with Crippen LogP contribution in [0, 0.1) is 20.8 Å². The van der Waals surface area contributed by atoms with Gasteiger partial charge in [0.25, 0.3) is 16.7 Å². The third-order valence-electron chi connectivity index (χ3n) is 23.1. The van der Waals surface area contributed by atoms with Crippen molar-refractivity contribution in [3.8, 4) is 22.3 Å². The molecule has 0 aliphatic carbocycles. The number of amides is 2. The van der Waals surface area contributed by atoms with Crippen LogP contribution in [0.3, 0.4) is 0 Å². The van der Waals surface area contributed by atoms with Gasteiger partial charge < -0.3 is 47.3 Å². The number of aromatic nitrogens is 13. The van der Waals surface area contributed by atoms with Crippen molar-refractivity contribution in [1.29, 1.82) is 0 Å². The first-order valence-corrected chi connectivity index (χ1v) is 44.7. The van der Waals surface area contributed by atoms with E-state index in [1.165, 1.54) is 22.3 Å². The average molecular weight is 1600 g/mol. The lowest BCUT2D eigenvalue weighted by atomic mass is 10.1. The Morgan fingerprint density at radius 1 is 0.491 bits per heavy atom.